The number of rotatable bonds is 5. The first-order chi connectivity index (χ1) is 7.04. The van der Waals surface area contributed by atoms with Gasteiger partial charge in [-0.05, 0) is 19.3 Å². The molecule has 1 aliphatic carbocycles. The van der Waals surface area contributed by atoms with Gasteiger partial charge in [-0.3, -0.25) is 9.00 Å². The number of amides is 1. The molecule has 1 unspecified atom stereocenters. The molecule has 5 heteroatoms. The normalized spacial score (nSPS) is 21.2. The Labute approximate surface area is 93.4 Å². The SMILES string of the molecule is CS(=O)CCCNC(=O)C1(N)CCCC1. The molecule has 0 radical (unpaired) electrons. The van der Waals surface area contributed by atoms with E-state index in [4.69, 9.17) is 5.73 Å². The van der Waals surface area contributed by atoms with E-state index in [1.165, 1.54) is 0 Å². The van der Waals surface area contributed by atoms with Gasteiger partial charge in [0, 0.05) is 29.4 Å². The molecule has 0 aromatic rings. The van der Waals surface area contributed by atoms with Crippen molar-refractivity contribution < 1.29 is 9.00 Å². The Bertz CT molecular complexity index is 250. The lowest BCUT2D eigenvalue weighted by Crippen LogP contribution is -2.52. The number of hydrogen-bond donors (Lipinski definition) is 2. The summed E-state index contributed by atoms with van der Waals surface area (Å²) < 4.78 is 10.8. The largest absolute Gasteiger partial charge is 0.354 e. The van der Waals surface area contributed by atoms with Gasteiger partial charge in [0.2, 0.25) is 5.91 Å². The molecule has 15 heavy (non-hydrogen) atoms. The Kier molecular flexibility index (Phi) is 4.73. The van der Waals surface area contributed by atoms with E-state index in [1.54, 1.807) is 6.26 Å². The van der Waals surface area contributed by atoms with Crippen molar-refractivity contribution in [3.8, 4) is 0 Å². The lowest BCUT2D eigenvalue weighted by Gasteiger charge is -2.22. The van der Waals surface area contributed by atoms with Crippen LogP contribution in [0.1, 0.15) is 32.1 Å². The Hall–Kier alpha value is -0.420. The van der Waals surface area contributed by atoms with Crippen molar-refractivity contribution in [3.63, 3.8) is 0 Å². The van der Waals surface area contributed by atoms with E-state index in [1.807, 2.05) is 0 Å². The second kappa shape index (κ2) is 5.61. The predicted molar refractivity (Wildman–Crippen MR) is 61.9 cm³/mol. The van der Waals surface area contributed by atoms with E-state index in [2.05, 4.69) is 5.32 Å². The minimum Gasteiger partial charge on any atom is -0.354 e. The minimum absolute atomic E-state index is 0.0399. The fraction of sp³-hybridized carbons (Fsp3) is 0.900. The van der Waals surface area contributed by atoms with Gasteiger partial charge in [0.25, 0.3) is 0 Å². The number of nitrogens with two attached hydrogens (primary N) is 1. The fourth-order valence-electron chi connectivity index (χ4n) is 1.89. The van der Waals surface area contributed by atoms with E-state index in [0.29, 0.717) is 12.3 Å². The highest BCUT2D eigenvalue weighted by atomic mass is 32.2. The molecule has 4 nitrogen and oxygen atoms in total. The van der Waals surface area contributed by atoms with Crippen molar-refractivity contribution in [2.45, 2.75) is 37.6 Å². The van der Waals surface area contributed by atoms with Gasteiger partial charge in [0.05, 0.1) is 5.54 Å². The summed E-state index contributed by atoms with van der Waals surface area (Å²) in [4.78, 5) is 11.7. The summed E-state index contributed by atoms with van der Waals surface area (Å²) in [6.45, 7) is 0.581. The molecule has 88 valence electrons. The summed E-state index contributed by atoms with van der Waals surface area (Å²) in [5.74, 6) is 0.597. The Balaban J connectivity index is 2.21. The second-order valence-electron chi connectivity index (χ2n) is 4.25. The van der Waals surface area contributed by atoms with E-state index in [0.717, 1.165) is 32.1 Å². The number of carbonyl (C=O) groups excluding carboxylic acids is 1. The molecule has 1 saturated carbocycles. The molecule has 1 atom stereocenters. The van der Waals surface area contributed by atoms with Gasteiger partial charge in [0.1, 0.15) is 0 Å². The van der Waals surface area contributed by atoms with Crippen molar-refractivity contribution in [2.75, 3.05) is 18.6 Å². The standard InChI is InChI=1S/C10H20N2O2S/c1-15(14)8-4-7-12-9(13)10(11)5-2-3-6-10/h2-8,11H2,1H3,(H,12,13). The molecule has 0 aromatic carbocycles. The predicted octanol–water partition coefficient (Wildman–Crippen LogP) is 0.143. The lowest BCUT2D eigenvalue weighted by atomic mass is 9.98. The molecule has 3 N–H and O–H groups in total. The van der Waals surface area contributed by atoms with Crippen LogP contribution in [0.25, 0.3) is 0 Å². The maximum absolute atomic E-state index is 11.7. The van der Waals surface area contributed by atoms with Crippen LogP contribution in [-0.4, -0.2) is 34.2 Å². The van der Waals surface area contributed by atoms with E-state index in [-0.39, 0.29) is 5.91 Å². The van der Waals surface area contributed by atoms with Gasteiger partial charge in [-0.2, -0.15) is 0 Å². The third-order valence-corrected chi connectivity index (χ3v) is 3.71. The second-order valence-corrected chi connectivity index (χ2v) is 5.80. The topological polar surface area (TPSA) is 72.2 Å². The van der Waals surface area contributed by atoms with Crippen LogP contribution in [0.5, 0.6) is 0 Å². The number of carbonyl (C=O) groups is 1. The average Bonchev–Trinajstić information content (AvgIpc) is 2.60. The molecule has 1 aliphatic rings. The van der Waals surface area contributed by atoms with Crippen molar-refractivity contribution >= 4 is 16.7 Å². The molecular weight excluding hydrogens is 212 g/mol. The van der Waals surface area contributed by atoms with Crippen LogP contribution in [0.2, 0.25) is 0 Å². The lowest BCUT2D eigenvalue weighted by molar-refractivity contribution is -0.126. The van der Waals surface area contributed by atoms with E-state index < -0.39 is 16.3 Å². The molecule has 0 aliphatic heterocycles. The number of hydrogen-bond acceptors (Lipinski definition) is 3. The smallest absolute Gasteiger partial charge is 0.240 e. The van der Waals surface area contributed by atoms with Gasteiger partial charge in [-0.25, -0.2) is 0 Å². The van der Waals surface area contributed by atoms with Crippen LogP contribution < -0.4 is 11.1 Å². The highest BCUT2D eigenvalue weighted by molar-refractivity contribution is 7.84. The first kappa shape index (κ1) is 12.6. The van der Waals surface area contributed by atoms with Crippen molar-refractivity contribution in [2.24, 2.45) is 5.73 Å². The monoisotopic (exact) mass is 232 g/mol. The highest BCUT2D eigenvalue weighted by Crippen LogP contribution is 2.27. The summed E-state index contributed by atoms with van der Waals surface area (Å²) in [5, 5.41) is 2.82. The quantitative estimate of drug-likeness (QED) is 0.662. The van der Waals surface area contributed by atoms with Crippen LogP contribution in [0, 0.1) is 0 Å². The summed E-state index contributed by atoms with van der Waals surface area (Å²) in [6.07, 6.45) is 6.09. The molecular formula is C10H20N2O2S. The van der Waals surface area contributed by atoms with Crippen LogP contribution in [0.4, 0.5) is 0 Å². The molecule has 1 amide bonds. The van der Waals surface area contributed by atoms with E-state index >= 15 is 0 Å². The fourth-order valence-corrected chi connectivity index (χ4v) is 2.44. The highest BCUT2D eigenvalue weighted by Gasteiger charge is 2.36. The summed E-state index contributed by atoms with van der Waals surface area (Å²) >= 11 is 0. The van der Waals surface area contributed by atoms with Crippen molar-refractivity contribution in [1.82, 2.24) is 5.32 Å². The molecule has 0 saturated heterocycles. The van der Waals surface area contributed by atoms with Gasteiger partial charge in [0.15, 0.2) is 0 Å². The maximum atomic E-state index is 11.7. The molecule has 1 rings (SSSR count). The van der Waals surface area contributed by atoms with Crippen LogP contribution >= 0.6 is 0 Å². The summed E-state index contributed by atoms with van der Waals surface area (Å²) in [6, 6.07) is 0. The number of nitrogens with one attached hydrogen (secondary N) is 1. The van der Waals surface area contributed by atoms with Crippen LogP contribution in [-0.2, 0) is 15.6 Å². The molecule has 0 heterocycles. The Morgan fingerprint density at radius 2 is 2.07 bits per heavy atom. The first-order valence-electron chi connectivity index (χ1n) is 5.42. The first-order valence-corrected chi connectivity index (χ1v) is 7.14. The average molecular weight is 232 g/mol. The van der Waals surface area contributed by atoms with Gasteiger partial charge < -0.3 is 11.1 Å². The molecule has 0 bridgehead atoms. The molecule has 0 aromatic heterocycles. The van der Waals surface area contributed by atoms with Crippen molar-refractivity contribution in [1.29, 1.82) is 0 Å². The van der Waals surface area contributed by atoms with Gasteiger partial charge in [-0.15, -0.1) is 0 Å². The zero-order valence-corrected chi connectivity index (χ0v) is 10.1. The summed E-state index contributed by atoms with van der Waals surface area (Å²) in [5.41, 5.74) is 5.34. The van der Waals surface area contributed by atoms with Crippen molar-refractivity contribution in [3.05, 3.63) is 0 Å². The Morgan fingerprint density at radius 3 is 2.60 bits per heavy atom. The third-order valence-electron chi connectivity index (χ3n) is 2.84. The maximum Gasteiger partial charge on any atom is 0.240 e. The van der Waals surface area contributed by atoms with Crippen LogP contribution in [0.3, 0.4) is 0 Å². The zero-order chi connectivity index (χ0) is 11.3. The molecule has 0 spiro atoms. The molecule has 1 fully saturated rings. The van der Waals surface area contributed by atoms with Gasteiger partial charge in [-0.1, -0.05) is 12.8 Å². The third kappa shape index (κ3) is 3.91. The zero-order valence-electron chi connectivity index (χ0n) is 9.25. The Morgan fingerprint density at radius 1 is 1.47 bits per heavy atom. The summed E-state index contributed by atoms with van der Waals surface area (Å²) in [7, 11) is -0.775. The minimum atomic E-state index is -0.775. The van der Waals surface area contributed by atoms with Gasteiger partial charge >= 0.3 is 0 Å². The van der Waals surface area contributed by atoms with Crippen LogP contribution in [0.15, 0.2) is 0 Å². The van der Waals surface area contributed by atoms with E-state index in [9.17, 15) is 9.00 Å².